The summed E-state index contributed by atoms with van der Waals surface area (Å²) in [6, 6.07) is 13.5. The van der Waals surface area contributed by atoms with Crippen LogP contribution >= 0.6 is 11.6 Å². The van der Waals surface area contributed by atoms with Crippen LogP contribution in [-0.2, 0) is 6.54 Å². The van der Waals surface area contributed by atoms with Gasteiger partial charge in [-0.15, -0.1) is 0 Å². The largest absolute Gasteiger partial charge is 0.305 e. The molecule has 0 aliphatic heterocycles. The first kappa shape index (κ1) is 17.6. The fourth-order valence-electron chi connectivity index (χ4n) is 2.54. The van der Waals surface area contributed by atoms with Gasteiger partial charge in [-0.1, -0.05) is 29.8 Å². The number of nitro groups is 1. The van der Waals surface area contributed by atoms with Gasteiger partial charge in [0.15, 0.2) is 5.82 Å². The number of halogens is 1. The molecule has 3 rings (SSSR count). The molecular weight excluding hydrogens is 356 g/mol. The first-order valence-corrected chi connectivity index (χ1v) is 8.15. The fraction of sp³-hybridized carbons (Fsp3) is 0.111. The van der Waals surface area contributed by atoms with Crippen LogP contribution in [0.3, 0.4) is 0 Å². The molecule has 3 aromatic rings. The van der Waals surface area contributed by atoms with Crippen molar-refractivity contribution in [2.24, 2.45) is 0 Å². The predicted molar refractivity (Wildman–Crippen MR) is 98.6 cm³/mol. The molecule has 0 unspecified atom stereocenters. The molecule has 26 heavy (non-hydrogen) atoms. The van der Waals surface area contributed by atoms with Crippen molar-refractivity contribution < 1.29 is 9.72 Å². The molecule has 0 saturated carbocycles. The maximum atomic E-state index is 12.4. The predicted octanol–water partition coefficient (Wildman–Crippen LogP) is 4.05. The van der Waals surface area contributed by atoms with Gasteiger partial charge >= 0.3 is 0 Å². The minimum absolute atomic E-state index is 0.0917. The van der Waals surface area contributed by atoms with Crippen molar-refractivity contribution >= 4 is 29.0 Å². The van der Waals surface area contributed by atoms with E-state index in [0.29, 0.717) is 22.9 Å². The number of carbonyl (C=O) groups excluding carboxylic acids is 1. The number of nitrogens with one attached hydrogen (secondary N) is 1. The Labute approximate surface area is 154 Å². The molecule has 2 aromatic carbocycles. The summed E-state index contributed by atoms with van der Waals surface area (Å²) in [6.07, 6.45) is 1.74. The Morgan fingerprint density at radius 1 is 1.23 bits per heavy atom. The SMILES string of the molecule is Cc1c(C(=O)Nc2ccn(Cc3ccc(Cl)cc3)n2)cccc1[N+](=O)[O-]. The lowest BCUT2D eigenvalue weighted by Gasteiger charge is -2.06. The Hall–Kier alpha value is -3.19. The van der Waals surface area contributed by atoms with Crippen molar-refractivity contribution in [3.8, 4) is 0 Å². The molecular formula is C18H15ClN4O3. The third-order valence-electron chi connectivity index (χ3n) is 3.89. The van der Waals surface area contributed by atoms with Crippen LogP contribution < -0.4 is 5.32 Å². The number of nitrogens with zero attached hydrogens (tertiary/aromatic N) is 3. The summed E-state index contributed by atoms with van der Waals surface area (Å²) < 4.78 is 1.68. The molecule has 1 amide bonds. The lowest BCUT2D eigenvalue weighted by Crippen LogP contribution is -2.15. The Balaban J connectivity index is 1.73. The summed E-state index contributed by atoms with van der Waals surface area (Å²) in [7, 11) is 0. The molecule has 0 saturated heterocycles. The Morgan fingerprint density at radius 3 is 2.65 bits per heavy atom. The number of hydrogen-bond acceptors (Lipinski definition) is 4. The van der Waals surface area contributed by atoms with E-state index >= 15 is 0 Å². The third-order valence-corrected chi connectivity index (χ3v) is 4.14. The van der Waals surface area contributed by atoms with Gasteiger partial charge in [0.05, 0.1) is 11.5 Å². The summed E-state index contributed by atoms with van der Waals surface area (Å²) in [5, 5.41) is 18.6. The summed E-state index contributed by atoms with van der Waals surface area (Å²) in [6.45, 7) is 2.08. The zero-order chi connectivity index (χ0) is 18.7. The van der Waals surface area contributed by atoms with Gasteiger partial charge in [0.25, 0.3) is 11.6 Å². The normalized spacial score (nSPS) is 10.5. The van der Waals surface area contributed by atoms with E-state index < -0.39 is 10.8 Å². The van der Waals surface area contributed by atoms with Crippen LogP contribution in [-0.4, -0.2) is 20.6 Å². The van der Waals surface area contributed by atoms with E-state index in [4.69, 9.17) is 11.6 Å². The third kappa shape index (κ3) is 3.89. The molecule has 8 heteroatoms. The second-order valence-electron chi connectivity index (χ2n) is 5.69. The topological polar surface area (TPSA) is 90.1 Å². The first-order valence-electron chi connectivity index (χ1n) is 7.77. The molecule has 0 spiro atoms. The minimum Gasteiger partial charge on any atom is -0.305 e. The highest BCUT2D eigenvalue weighted by Crippen LogP contribution is 2.22. The van der Waals surface area contributed by atoms with Gasteiger partial charge in [0.1, 0.15) is 0 Å². The van der Waals surface area contributed by atoms with E-state index in [0.717, 1.165) is 5.56 Å². The molecule has 1 aromatic heterocycles. The van der Waals surface area contributed by atoms with Crippen molar-refractivity contribution in [1.82, 2.24) is 9.78 Å². The van der Waals surface area contributed by atoms with Crippen LogP contribution in [0.15, 0.2) is 54.7 Å². The highest BCUT2D eigenvalue weighted by molar-refractivity contribution is 6.30. The lowest BCUT2D eigenvalue weighted by molar-refractivity contribution is -0.385. The number of nitro benzene ring substituents is 1. The lowest BCUT2D eigenvalue weighted by atomic mass is 10.1. The smallest absolute Gasteiger partial charge is 0.273 e. The summed E-state index contributed by atoms with van der Waals surface area (Å²) >= 11 is 5.87. The molecule has 1 N–H and O–H groups in total. The van der Waals surface area contributed by atoms with E-state index in [-0.39, 0.29) is 11.3 Å². The van der Waals surface area contributed by atoms with Crippen molar-refractivity contribution in [3.05, 3.63) is 86.6 Å². The molecule has 0 radical (unpaired) electrons. The standard InChI is InChI=1S/C18H15ClN4O3/c1-12-15(3-2-4-16(12)23(25)26)18(24)20-17-9-10-22(21-17)11-13-5-7-14(19)8-6-13/h2-10H,11H2,1H3,(H,20,21,24). The second-order valence-corrected chi connectivity index (χ2v) is 6.12. The molecule has 7 nitrogen and oxygen atoms in total. The Kier molecular flexibility index (Phi) is 4.99. The van der Waals surface area contributed by atoms with E-state index in [2.05, 4.69) is 10.4 Å². The average Bonchev–Trinajstić information content (AvgIpc) is 3.03. The second kappa shape index (κ2) is 7.37. The summed E-state index contributed by atoms with van der Waals surface area (Å²) in [5.41, 5.74) is 1.48. The van der Waals surface area contributed by atoms with Crippen molar-refractivity contribution in [3.63, 3.8) is 0 Å². The molecule has 132 valence electrons. The molecule has 0 atom stereocenters. The van der Waals surface area contributed by atoms with Gasteiger partial charge in [-0.2, -0.15) is 5.10 Å². The Bertz CT molecular complexity index is 967. The van der Waals surface area contributed by atoms with Crippen LogP contribution in [0.2, 0.25) is 5.02 Å². The number of hydrogen-bond donors (Lipinski definition) is 1. The molecule has 0 aliphatic rings. The molecule has 0 bridgehead atoms. The van der Waals surface area contributed by atoms with Crippen LogP contribution in [0, 0.1) is 17.0 Å². The fourth-order valence-corrected chi connectivity index (χ4v) is 2.67. The number of rotatable bonds is 5. The number of amides is 1. The van der Waals surface area contributed by atoms with E-state index in [1.807, 2.05) is 12.1 Å². The number of anilines is 1. The van der Waals surface area contributed by atoms with Crippen LogP contribution in [0.1, 0.15) is 21.5 Å². The van der Waals surface area contributed by atoms with Crippen LogP contribution in [0.4, 0.5) is 11.5 Å². The van der Waals surface area contributed by atoms with Gasteiger partial charge in [0.2, 0.25) is 0 Å². The molecule has 1 heterocycles. The van der Waals surface area contributed by atoms with E-state index in [1.165, 1.54) is 12.1 Å². The first-order chi connectivity index (χ1) is 12.4. The van der Waals surface area contributed by atoms with Gasteiger partial charge in [-0.3, -0.25) is 19.6 Å². The Morgan fingerprint density at radius 2 is 1.96 bits per heavy atom. The monoisotopic (exact) mass is 370 g/mol. The van der Waals surface area contributed by atoms with Crippen LogP contribution in [0.5, 0.6) is 0 Å². The average molecular weight is 371 g/mol. The van der Waals surface area contributed by atoms with Gasteiger partial charge < -0.3 is 5.32 Å². The summed E-state index contributed by atoms with van der Waals surface area (Å²) in [5.74, 6) is -0.0715. The molecule has 0 fully saturated rings. The highest BCUT2D eigenvalue weighted by atomic mass is 35.5. The van der Waals surface area contributed by atoms with Crippen LogP contribution in [0.25, 0.3) is 0 Å². The number of carbonyl (C=O) groups is 1. The van der Waals surface area contributed by atoms with Crippen molar-refractivity contribution in [2.75, 3.05) is 5.32 Å². The van der Waals surface area contributed by atoms with E-state index in [9.17, 15) is 14.9 Å². The van der Waals surface area contributed by atoms with Gasteiger partial charge in [0, 0.05) is 34.5 Å². The van der Waals surface area contributed by atoms with Gasteiger partial charge in [-0.05, 0) is 30.7 Å². The zero-order valence-electron chi connectivity index (χ0n) is 13.8. The summed E-state index contributed by atoms with van der Waals surface area (Å²) in [4.78, 5) is 22.9. The maximum absolute atomic E-state index is 12.4. The van der Waals surface area contributed by atoms with E-state index in [1.54, 1.807) is 42.1 Å². The zero-order valence-corrected chi connectivity index (χ0v) is 14.6. The number of benzene rings is 2. The maximum Gasteiger partial charge on any atom is 0.273 e. The minimum atomic E-state index is -0.507. The quantitative estimate of drug-likeness (QED) is 0.541. The van der Waals surface area contributed by atoms with Gasteiger partial charge in [-0.25, -0.2) is 0 Å². The van der Waals surface area contributed by atoms with Crippen molar-refractivity contribution in [1.29, 1.82) is 0 Å². The van der Waals surface area contributed by atoms with Crippen molar-refractivity contribution in [2.45, 2.75) is 13.5 Å². The number of aromatic nitrogens is 2. The molecule has 0 aliphatic carbocycles. The highest BCUT2D eigenvalue weighted by Gasteiger charge is 2.18.